The van der Waals surface area contributed by atoms with E-state index in [0.717, 1.165) is 45.3 Å². The summed E-state index contributed by atoms with van der Waals surface area (Å²) in [6.45, 7) is 0. The molecule has 0 aliphatic heterocycles. The maximum absolute atomic E-state index is 6.53. The van der Waals surface area contributed by atoms with Gasteiger partial charge < -0.3 is 9.32 Å². The summed E-state index contributed by atoms with van der Waals surface area (Å²) in [7, 11) is 0. The van der Waals surface area contributed by atoms with Crippen molar-refractivity contribution in [3.05, 3.63) is 187 Å². The highest BCUT2D eigenvalue weighted by Gasteiger charge is 2.66. The predicted octanol–water partition coefficient (Wildman–Crippen LogP) is 16.9. The molecule has 63 heavy (non-hydrogen) atoms. The molecular weight excluding hydrogens is 763 g/mol. The van der Waals surface area contributed by atoms with Gasteiger partial charge in [0.2, 0.25) is 0 Å². The van der Waals surface area contributed by atoms with Crippen LogP contribution in [0.4, 0.5) is 17.1 Å². The number of para-hydroxylation sites is 3. The van der Waals surface area contributed by atoms with Crippen molar-refractivity contribution in [2.45, 2.75) is 69.1 Å². The van der Waals surface area contributed by atoms with Gasteiger partial charge in [-0.1, -0.05) is 147 Å². The average molecular weight is 814 g/mol. The molecule has 1 spiro atoms. The second kappa shape index (κ2) is 13.8. The highest BCUT2D eigenvalue weighted by atomic mass is 16.3. The Hall–Kier alpha value is -6.38. The Balaban J connectivity index is 1.02. The van der Waals surface area contributed by atoms with Gasteiger partial charge in [0.05, 0.1) is 11.4 Å². The molecule has 5 unspecified atom stereocenters. The highest BCUT2D eigenvalue weighted by molar-refractivity contribution is 6.07. The second-order valence-electron chi connectivity index (χ2n) is 19.8. The van der Waals surface area contributed by atoms with Crippen molar-refractivity contribution in [2.75, 3.05) is 4.90 Å². The lowest BCUT2D eigenvalue weighted by Gasteiger charge is -2.44. The Morgan fingerprint density at radius 1 is 0.492 bits per heavy atom. The zero-order valence-electron chi connectivity index (χ0n) is 35.8. The van der Waals surface area contributed by atoms with Crippen LogP contribution in [0, 0.1) is 23.7 Å². The van der Waals surface area contributed by atoms with E-state index in [1.807, 2.05) is 0 Å². The Morgan fingerprint density at radius 3 is 2.08 bits per heavy atom. The molecule has 15 rings (SSSR count). The predicted molar refractivity (Wildman–Crippen MR) is 261 cm³/mol. The molecule has 1 heterocycles. The summed E-state index contributed by atoms with van der Waals surface area (Å²) in [5, 5.41) is 5.07. The van der Waals surface area contributed by atoms with Crippen molar-refractivity contribution in [1.29, 1.82) is 0 Å². The monoisotopic (exact) mass is 813 g/mol. The third-order valence-corrected chi connectivity index (χ3v) is 16.8. The number of anilines is 3. The molecule has 0 N–H and O–H groups in total. The molecule has 5 atom stereocenters. The summed E-state index contributed by atoms with van der Waals surface area (Å²) in [4.78, 5) is 2.62. The van der Waals surface area contributed by atoms with Gasteiger partial charge in [0, 0.05) is 33.0 Å². The molecule has 1 aromatic heterocycles. The van der Waals surface area contributed by atoms with Gasteiger partial charge in [0.25, 0.3) is 0 Å². The standard InChI is InChI=1S/C61H51NO/c1-2-14-39(15-3-1)46-22-12-16-40-17-13-23-52(60(40)46)49-20-6-10-26-57(49)62(56-25-9-5-18-45(56)41-28-30-51-50-21-7-11-27-58(50)63-59(51)36-41)44-29-31-48-47-19-4-8-24-53(47)61(55(48)37-44)43-33-38-32-42(35-43)54(61)34-38/h4-13,16-31,36-39,42-43,54H,1-3,14-15,32-35H2. The number of nitrogens with zero attached hydrogens (tertiary/aromatic N) is 1. The maximum Gasteiger partial charge on any atom is 0.136 e. The quantitative estimate of drug-likeness (QED) is 0.166. The lowest BCUT2D eigenvalue weighted by Crippen LogP contribution is -2.40. The first kappa shape index (κ1) is 36.1. The number of hydrogen-bond donors (Lipinski definition) is 0. The van der Waals surface area contributed by atoms with Gasteiger partial charge in [0.1, 0.15) is 11.2 Å². The smallest absolute Gasteiger partial charge is 0.136 e. The van der Waals surface area contributed by atoms with Crippen molar-refractivity contribution < 1.29 is 4.42 Å². The number of rotatable bonds is 6. The normalized spacial score (nSPS) is 23.3. The van der Waals surface area contributed by atoms with Crippen LogP contribution in [0.15, 0.2) is 174 Å². The van der Waals surface area contributed by atoms with Crippen LogP contribution >= 0.6 is 0 Å². The van der Waals surface area contributed by atoms with E-state index in [0.29, 0.717) is 11.8 Å². The first-order valence-corrected chi connectivity index (χ1v) is 23.9. The van der Waals surface area contributed by atoms with Crippen molar-refractivity contribution in [3.8, 4) is 33.4 Å². The minimum Gasteiger partial charge on any atom is -0.456 e. The van der Waals surface area contributed by atoms with Crippen LogP contribution in [0.1, 0.15) is 80.4 Å². The van der Waals surface area contributed by atoms with Crippen LogP contribution in [0.3, 0.4) is 0 Å². The fourth-order valence-electron chi connectivity index (χ4n) is 14.6. The SMILES string of the molecule is c1ccc(N(c2ccc3c(c2)C2(c4ccccc4-3)C3CC4CC(C3)C2C4)c2ccccc2-c2cccc3cccc(C4CCCCC4)c23)c(-c2ccc3c(c2)oc2ccccc23)c1. The van der Waals surface area contributed by atoms with E-state index in [2.05, 4.69) is 175 Å². The van der Waals surface area contributed by atoms with Crippen molar-refractivity contribution >= 4 is 49.8 Å². The lowest BCUT2D eigenvalue weighted by atomic mass is 9.59. The molecular formula is C61H51NO. The zero-order valence-corrected chi connectivity index (χ0v) is 35.8. The summed E-state index contributed by atoms with van der Waals surface area (Å²) in [6.07, 6.45) is 12.1. The number of benzene rings is 8. The van der Waals surface area contributed by atoms with Crippen LogP contribution in [0.25, 0.3) is 66.1 Å². The Labute approximate surface area is 370 Å². The third-order valence-electron chi connectivity index (χ3n) is 16.8. The molecule has 9 aromatic rings. The fourth-order valence-corrected chi connectivity index (χ4v) is 14.6. The molecule has 4 bridgehead atoms. The topological polar surface area (TPSA) is 16.4 Å². The largest absolute Gasteiger partial charge is 0.456 e. The van der Waals surface area contributed by atoms with Crippen LogP contribution in [-0.2, 0) is 5.41 Å². The highest BCUT2D eigenvalue weighted by Crippen LogP contribution is 2.73. The Bertz CT molecular complexity index is 3280. The maximum atomic E-state index is 6.53. The minimum atomic E-state index is 0.0845. The van der Waals surface area contributed by atoms with E-state index in [9.17, 15) is 0 Å². The number of hydrogen-bond acceptors (Lipinski definition) is 2. The van der Waals surface area contributed by atoms with Crippen LogP contribution < -0.4 is 4.90 Å². The van der Waals surface area contributed by atoms with Gasteiger partial charge in [-0.05, 0) is 160 Å². The van der Waals surface area contributed by atoms with Crippen LogP contribution in [0.2, 0.25) is 0 Å². The molecule has 0 saturated heterocycles. The van der Waals surface area contributed by atoms with Gasteiger partial charge in [-0.15, -0.1) is 0 Å². The molecule has 0 amide bonds. The van der Waals surface area contributed by atoms with Crippen molar-refractivity contribution in [2.24, 2.45) is 23.7 Å². The molecule has 306 valence electrons. The molecule has 2 nitrogen and oxygen atoms in total. The van der Waals surface area contributed by atoms with Crippen molar-refractivity contribution in [3.63, 3.8) is 0 Å². The summed E-state index contributed by atoms with van der Waals surface area (Å²) in [5.41, 5.74) is 18.1. The minimum absolute atomic E-state index is 0.0845. The summed E-state index contributed by atoms with van der Waals surface area (Å²) < 4.78 is 6.53. The average Bonchev–Trinajstić information content (AvgIpc) is 4.02. The van der Waals surface area contributed by atoms with Crippen LogP contribution in [-0.4, -0.2) is 0 Å². The molecule has 6 aliphatic rings. The first-order valence-electron chi connectivity index (χ1n) is 23.9. The molecule has 5 fully saturated rings. The van der Waals surface area contributed by atoms with Crippen molar-refractivity contribution in [1.82, 2.24) is 0 Å². The van der Waals surface area contributed by atoms with E-state index in [-0.39, 0.29) is 5.41 Å². The van der Waals surface area contributed by atoms with Crippen LogP contribution in [0.5, 0.6) is 0 Å². The number of fused-ring (bicyclic) bond motifs is 7. The lowest BCUT2D eigenvalue weighted by molar-refractivity contribution is 0.191. The van der Waals surface area contributed by atoms with E-state index < -0.39 is 0 Å². The molecule has 6 aliphatic carbocycles. The summed E-state index contributed by atoms with van der Waals surface area (Å²) in [6, 6.07) is 64.8. The third kappa shape index (κ3) is 5.18. The second-order valence-corrected chi connectivity index (χ2v) is 19.8. The van der Waals surface area contributed by atoms with Gasteiger partial charge in [0.15, 0.2) is 0 Å². The number of furan rings is 1. The van der Waals surface area contributed by atoms with E-state index in [1.165, 1.54) is 119 Å². The fraction of sp³-hybridized carbons (Fsp3) is 0.246. The van der Waals surface area contributed by atoms with Gasteiger partial charge in [-0.25, -0.2) is 0 Å². The van der Waals surface area contributed by atoms with Gasteiger partial charge >= 0.3 is 0 Å². The summed E-state index contributed by atoms with van der Waals surface area (Å²) >= 11 is 0. The van der Waals surface area contributed by atoms with Gasteiger partial charge in [-0.3, -0.25) is 0 Å². The van der Waals surface area contributed by atoms with Gasteiger partial charge in [-0.2, -0.15) is 0 Å². The zero-order chi connectivity index (χ0) is 41.2. The molecule has 2 heteroatoms. The first-order chi connectivity index (χ1) is 31.2. The molecule has 5 saturated carbocycles. The molecule has 0 radical (unpaired) electrons. The Kier molecular flexibility index (Phi) is 7.92. The molecule has 8 aromatic carbocycles. The van der Waals surface area contributed by atoms with E-state index in [4.69, 9.17) is 4.42 Å². The Morgan fingerprint density at radius 2 is 1.21 bits per heavy atom. The van der Waals surface area contributed by atoms with E-state index in [1.54, 1.807) is 11.1 Å². The van der Waals surface area contributed by atoms with E-state index >= 15 is 0 Å². The summed E-state index contributed by atoms with van der Waals surface area (Å²) in [5.74, 6) is 3.76.